The van der Waals surface area contributed by atoms with Gasteiger partial charge < -0.3 is 5.11 Å². The average molecular weight is 236 g/mol. The van der Waals surface area contributed by atoms with Gasteiger partial charge >= 0.3 is 0 Å². The molecule has 78 valence electrons. The first-order valence-corrected chi connectivity index (χ1v) is 6.77. The van der Waals surface area contributed by atoms with E-state index in [1.54, 1.807) is 23.1 Å². The Morgan fingerprint density at radius 3 is 2.47 bits per heavy atom. The molecule has 0 radical (unpaired) electrons. The molecule has 0 unspecified atom stereocenters. The number of hydrogen-bond donors (Lipinski definition) is 1. The number of rotatable bonds is 3. The number of thiophene rings is 1. The van der Waals surface area contributed by atoms with Crippen LogP contribution in [0.15, 0.2) is 46.7 Å². The lowest BCUT2D eigenvalue weighted by Crippen LogP contribution is -1.96. The summed E-state index contributed by atoms with van der Waals surface area (Å²) in [5, 5.41) is 12.0. The zero-order valence-electron chi connectivity index (χ0n) is 8.38. The fourth-order valence-electron chi connectivity index (χ4n) is 1.40. The lowest BCUT2D eigenvalue weighted by Gasteiger charge is -2.09. The summed E-state index contributed by atoms with van der Waals surface area (Å²) in [6.45, 7) is 0. The summed E-state index contributed by atoms with van der Waals surface area (Å²) >= 11 is 3.29. The van der Waals surface area contributed by atoms with E-state index in [-0.39, 0.29) is 0 Å². The van der Waals surface area contributed by atoms with Gasteiger partial charge in [-0.15, -0.1) is 23.1 Å². The van der Waals surface area contributed by atoms with E-state index in [0.717, 1.165) is 10.4 Å². The van der Waals surface area contributed by atoms with E-state index >= 15 is 0 Å². The van der Waals surface area contributed by atoms with Gasteiger partial charge in [0.2, 0.25) is 0 Å². The van der Waals surface area contributed by atoms with Gasteiger partial charge in [-0.3, -0.25) is 0 Å². The Kier molecular flexibility index (Phi) is 3.46. The van der Waals surface area contributed by atoms with Gasteiger partial charge in [0.05, 0.1) is 0 Å². The largest absolute Gasteiger partial charge is 0.383 e. The van der Waals surface area contributed by atoms with Crippen LogP contribution in [0.3, 0.4) is 0 Å². The molecule has 2 aromatic rings. The Labute approximate surface area is 97.8 Å². The highest BCUT2D eigenvalue weighted by molar-refractivity contribution is 7.98. The van der Waals surface area contributed by atoms with Crippen molar-refractivity contribution in [2.75, 3.05) is 6.26 Å². The van der Waals surface area contributed by atoms with E-state index in [9.17, 15) is 5.11 Å². The van der Waals surface area contributed by atoms with Crippen LogP contribution in [0.2, 0.25) is 0 Å². The molecule has 1 nitrogen and oxygen atoms in total. The topological polar surface area (TPSA) is 20.2 Å². The molecule has 1 aromatic carbocycles. The monoisotopic (exact) mass is 236 g/mol. The molecule has 0 aliphatic rings. The molecule has 1 N–H and O–H groups in total. The van der Waals surface area contributed by atoms with Crippen LogP contribution in [0.1, 0.15) is 16.5 Å². The molecule has 0 amide bonds. The van der Waals surface area contributed by atoms with E-state index in [4.69, 9.17) is 0 Å². The van der Waals surface area contributed by atoms with Crippen LogP contribution in [0.4, 0.5) is 0 Å². The Morgan fingerprint density at radius 2 is 1.93 bits per heavy atom. The second-order valence-corrected chi connectivity index (χ2v) is 5.05. The lowest BCUT2D eigenvalue weighted by molar-refractivity contribution is 0.224. The van der Waals surface area contributed by atoms with E-state index in [2.05, 4.69) is 0 Å². The normalized spacial score (nSPS) is 12.7. The van der Waals surface area contributed by atoms with Gasteiger partial charge in [-0.25, -0.2) is 0 Å². The van der Waals surface area contributed by atoms with Gasteiger partial charge in [-0.2, -0.15) is 0 Å². The number of hydrogen-bond acceptors (Lipinski definition) is 3. The van der Waals surface area contributed by atoms with Crippen molar-refractivity contribution in [3.63, 3.8) is 0 Å². The molecular formula is C12H12OS2. The van der Waals surface area contributed by atoms with Crippen molar-refractivity contribution in [2.45, 2.75) is 11.0 Å². The minimum Gasteiger partial charge on any atom is -0.383 e. The SMILES string of the molecule is CSc1ccc([C@H](O)c2cccs2)cc1. The molecular weight excluding hydrogens is 224 g/mol. The maximum atomic E-state index is 10.0. The predicted octanol–water partition coefficient (Wildman–Crippen LogP) is 3.55. The number of thioether (sulfide) groups is 1. The summed E-state index contributed by atoms with van der Waals surface area (Å²) in [5.41, 5.74) is 0.954. The van der Waals surface area contributed by atoms with Crippen molar-refractivity contribution < 1.29 is 5.11 Å². The van der Waals surface area contributed by atoms with Gasteiger partial charge in [0, 0.05) is 9.77 Å². The second kappa shape index (κ2) is 4.84. The molecule has 0 spiro atoms. The van der Waals surface area contributed by atoms with Crippen molar-refractivity contribution in [3.8, 4) is 0 Å². The maximum absolute atomic E-state index is 10.0. The van der Waals surface area contributed by atoms with Crippen LogP contribution in [-0.4, -0.2) is 11.4 Å². The van der Waals surface area contributed by atoms with Gasteiger partial charge in [0.1, 0.15) is 6.10 Å². The van der Waals surface area contributed by atoms with E-state index in [1.807, 2.05) is 48.0 Å². The van der Waals surface area contributed by atoms with E-state index < -0.39 is 6.10 Å². The Balaban J connectivity index is 2.22. The van der Waals surface area contributed by atoms with Gasteiger partial charge in [-0.05, 0) is 35.4 Å². The summed E-state index contributed by atoms with van der Waals surface area (Å²) in [7, 11) is 0. The molecule has 0 fully saturated rings. The minimum atomic E-state index is -0.485. The van der Waals surface area contributed by atoms with Crippen LogP contribution in [-0.2, 0) is 0 Å². The lowest BCUT2D eigenvalue weighted by atomic mass is 10.1. The standard InChI is InChI=1S/C12H12OS2/c1-14-10-6-4-9(5-7-10)12(13)11-3-2-8-15-11/h2-8,12-13H,1H3/t12-/m0/s1. The molecule has 1 atom stereocenters. The molecule has 3 heteroatoms. The van der Waals surface area contributed by atoms with Crippen molar-refractivity contribution >= 4 is 23.1 Å². The third-order valence-corrected chi connectivity index (χ3v) is 3.91. The Hall–Kier alpha value is -0.770. The third kappa shape index (κ3) is 2.43. The van der Waals surface area contributed by atoms with Gasteiger partial charge in [-0.1, -0.05) is 18.2 Å². The highest BCUT2D eigenvalue weighted by atomic mass is 32.2. The zero-order valence-corrected chi connectivity index (χ0v) is 10.0. The molecule has 0 aliphatic heterocycles. The van der Waals surface area contributed by atoms with Crippen LogP contribution >= 0.6 is 23.1 Å². The Morgan fingerprint density at radius 1 is 1.20 bits per heavy atom. The van der Waals surface area contributed by atoms with Gasteiger partial charge in [0.15, 0.2) is 0 Å². The van der Waals surface area contributed by atoms with E-state index in [1.165, 1.54) is 4.90 Å². The first kappa shape index (κ1) is 10.7. The molecule has 0 saturated carbocycles. The first-order valence-electron chi connectivity index (χ1n) is 4.66. The molecule has 0 saturated heterocycles. The summed E-state index contributed by atoms with van der Waals surface area (Å²) in [6.07, 6.45) is 1.56. The van der Waals surface area contributed by atoms with Crippen LogP contribution in [0, 0.1) is 0 Å². The van der Waals surface area contributed by atoms with Gasteiger partial charge in [0.25, 0.3) is 0 Å². The van der Waals surface area contributed by atoms with Crippen molar-refractivity contribution in [1.82, 2.24) is 0 Å². The number of aliphatic hydroxyl groups is 1. The molecule has 0 bridgehead atoms. The van der Waals surface area contributed by atoms with Crippen LogP contribution in [0.25, 0.3) is 0 Å². The summed E-state index contributed by atoms with van der Waals surface area (Å²) in [4.78, 5) is 2.21. The second-order valence-electron chi connectivity index (χ2n) is 3.19. The maximum Gasteiger partial charge on any atom is 0.113 e. The number of benzene rings is 1. The van der Waals surface area contributed by atoms with Crippen molar-refractivity contribution in [3.05, 3.63) is 52.2 Å². The number of aliphatic hydroxyl groups excluding tert-OH is 1. The van der Waals surface area contributed by atoms with Crippen molar-refractivity contribution in [2.24, 2.45) is 0 Å². The molecule has 1 aromatic heterocycles. The average Bonchev–Trinajstić information content (AvgIpc) is 2.82. The van der Waals surface area contributed by atoms with Crippen molar-refractivity contribution in [1.29, 1.82) is 0 Å². The summed E-state index contributed by atoms with van der Waals surface area (Å²) in [5.74, 6) is 0. The first-order chi connectivity index (χ1) is 7.31. The highest BCUT2D eigenvalue weighted by Crippen LogP contribution is 2.27. The highest BCUT2D eigenvalue weighted by Gasteiger charge is 2.10. The fraction of sp³-hybridized carbons (Fsp3) is 0.167. The summed E-state index contributed by atoms with van der Waals surface area (Å²) in [6, 6.07) is 12.0. The minimum absolute atomic E-state index is 0.485. The smallest absolute Gasteiger partial charge is 0.113 e. The van der Waals surface area contributed by atoms with Crippen LogP contribution in [0.5, 0.6) is 0 Å². The molecule has 15 heavy (non-hydrogen) atoms. The fourth-order valence-corrected chi connectivity index (χ4v) is 2.54. The quantitative estimate of drug-likeness (QED) is 0.822. The third-order valence-electron chi connectivity index (χ3n) is 2.24. The zero-order chi connectivity index (χ0) is 10.7. The Bertz CT molecular complexity index is 406. The predicted molar refractivity (Wildman–Crippen MR) is 66.6 cm³/mol. The van der Waals surface area contributed by atoms with E-state index in [0.29, 0.717) is 0 Å². The molecule has 2 rings (SSSR count). The molecule has 1 heterocycles. The molecule has 0 aliphatic carbocycles. The van der Waals surface area contributed by atoms with Crippen LogP contribution < -0.4 is 0 Å². The summed E-state index contributed by atoms with van der Waals surface area (Å²) < 4.78 is 0.